The summed E-state index contributed by atoms with van der Waals surface area (Å²) in [7, 11) is 0. The Morgan fingerprint density at radius 3 is 2.71 bits per heavy atom. The number of nitrogen functional groups attached to an aromatic ring is 1. The lowest BCUT2D eigenvalue weighted by Gasteiger charge is -2.07. The van der Waals surface area contributed by atoms with Crippen LogP contribution in [0.4, 0.5) is 5.69 Å². The molecular weight excluding hydrogens is 286 g/mol. The summed E-state index contributed by atoms with van der Waals surface area (Å²) in [5.74, 6) is -0.505. The second kappa shape index (κ2) is 5.18. The van der Waals surface area contributed by atoms with Gasteiger partial charge in [-0.25, -0.2) is 4.79 Å². The molecule has 2 aromatic carbocycles. The first kappa shape index (κ1) is 13.6. The minimum absolute atomic E-state index is 0.0927. The minimum Gasteiger partial charge on any atom is -0.462 e. The van der Waals surface area contributed by atoms with Crippen molar-refractivity contribution in [3.8, 4) is 0 Å². The third-order valence-electron chi connectivity index (χ3n) is 3.24. The molecule has 3 aromatic rings. The van der Waals surface area contributed by atoms with Crippen LogP contribution >= 0.6 is 11.3 Å². The summed E-state index contributed by atoms with van der Waals surface area (Å²) in [6.45, 7) is 1.99. The molecule has 0 aliphatic rings. The fraction of sp³-hybridized carbons (Fsp3) is 0.125. The molecule has 4 nitrogen and oxygen atoms in total. The predicted molar refractivity (Wildman–Crippen MR) is 86.0 cm³/mol. The largest absolute Gasteiger partial charge is 0.462 e. The van der Waals surface area contributed by atoms with Crippen LogP contribution < -0.4 is 11.2 Å². The van der Waals surface area contributed by atoms with E-state index in [1.54, 1.807) is 19.1 Å². The van der Waals surface area contributed by atoms with Gasteiger partial charge in [0.2, 0.25) is 0 Å². The summed E-state index contributed by atoms with van der Waals surface area (Å²) in [5.41, 5.74) is 6.39. The summed E-state index contributed by atoms with van der Waals surface area (Å²) < 4.78 is 6.64. The molecule has 0 radical (unpaired) electrons. The number of esters is 1. The Hall–Kier alpha value is -2.40. The number of carbonyl (C=O) groups excluding carboxylic acids is 1. The van der Waals surface area contributed by atoms with Crippen molar-refractivity contribution in [2.24, 2.45) is 0 Å². The van der Waals surface area contributed by atoms with E-state index in [4.69, 9.17) is 10.5 Å². The van der Waals surface area contributed by atoms with Crippen molar-refractivity contribution < 1.29 is 9.53 Å². The molecule has 2 N–H and O–H groups in total. The molecule has 0 spiro atoms. The van der Waals surface area contributed by atoms with Gasteiger partial charge in [-0.05, 0) is 31.2 Å². The lowest BCUT2D eigenvalue weighted by Crippen LogP contribution is -2.10. The Labute approximate surface area is 124 Å². The summed E-state index contributed by atoms with van der Waals surface area (Å²) in [6, 6.07) is 10.6. The quantitative estimate of drug-likeness (QED) is 0.448. The molecule has 1 heterocycles. The van der Waals surface area contributed by atoms with E-state index in [0.29, 0.717) is 16.5 Å². The highest BCUT2D eigenvalue weighted by Gasteiger charge is 2.15. The first-order valence-electron chi connectivity index (χ1n) is 6.54. The van der Waals surface area contributed by atoms with Crippen LogP contribution in [0.2, 0.25) is 0 Å². The maximum Gasteiger partial charge on any atom is 0.340 e. The molecule has 0 aliphatic carbocycles. The van der Waals surface area contributed by atoms with Gasteiger partial charge in [-0.2, -0.15) is 0 Å². The first-order valence-corrected chi connectivity index (χ1v) is 7.35. The Bertz CT molecular complexity index is 914. The van der Waals surface area contributed by atoms with Gasteiger partial charge in [0.15, 0.2) is 5.43 Å². The van der Waals surface area contributed by atoms with Crippen LogP contribution in [-0.2, 0) is 4.74 Å². The average Bonchev–Trinajstić information content (AvgIpc) is 2.47. The summed E-state index contributed by atoms with van der Waals surface area (Å²) in [4.78, 5) is 24.4. The minimum atomic E-state index is -0.505. The van der Waals surface area contributed by atoms with E-state index in [1.807, 2.05) is 18.2 Å². The second-order valence-electron chi connectivity index (χ2n) is 4.58. The molecule has 0 bridgehead atoms. The molecule has 21 heavy (non-hydrogen) atoms. The van der Waals surface area contributed by atoms with Gasteiger partial charge in [-0.1, -0.05) is 12.1 Å². The average molecular weight is 299 g/mol. The highest BCUT2D eigenvalue weighted by Crippen LogP contribution is 2.28. The number of ether oxygens (including phenoxy) is 1. The number of nitrogens with two attached hydrogens (primary N) is 1. The van der Waals surface area contributed by atoms with E-state index in [0.717, 1.165) is 9.40 Å². The van der Waals surface area contributed by atoms with E-state index in [-0.39, 0.29) is 17.6 Å². The van der Waals surface area contributed by atoms with Crippen molar-refractivity contribution in [1.82, 2.24) is 0 Å². The van der Waals surface area contributed by atoms with Crippen molar-refractivity contribution >= 4 is 43.2 Å². The Kier molecular flexibility index (Phi) is 3.35. The Balaban J connectivity index is 2.35. The second-order valence-corrected chi connectivity index (χ2v) is 5.67. The lowest BCUT2D eigenvalue weighted by molar-refractivity contribution is 0.0528. The number of rotatable bonds is 2. The van der Waals surface area contributed by atoms with E-state index in [1.165, 1.54) is 17.4 Å². The Morgan fingerprint density at radius 1 is 1.19 bits per heavy atom. The van der Waals surface area contributed by atoms with Gasteiger partial charge in [0, 0.05) is 25.9 Å². The molecule has 3 rings (SSSR count). The summed E-state index contributed by atoms with van der Waals surface area (Å²) >= 11 is 1.48. The van der Waals surface area contributed by atoms with Crippen molar-refractivity contribution in [2.45, 2.75) is 6.92 Å². The summed E-state index contributed by atoms with van der Waals surface area (Å²) in [6.07, 6.45) is 0. The third kappa shape index (κ3) is 2.25. The highest BCUT2D eigenvalue weighted by atomic mass is 32.1. The highest BCUT2D eigenvalue weighted by molar-refractivity contribution is 7.24. The molecular formula is C16H13NO3S. The zero-order valence-corrected chi connectivity index (χ0v) is 12.2. The normalized spacial score (nSPS) is 10.9. The fourth-order valence-electron chi connectivity index (χ4n) is 2.25. The predicted octanol–water partition coefficient (Wildman–Crippen LogP) is 3.17. The van der Waals surface area contributed by atoms with Gasteiger partial charge in [0.1, 0.15) is 0 Å². The summed E-state index contributed by atoms with van der Waals surface area (Å²) in [5, 5.41) is 1.14. The van der Waals surface area contributed by atoms with Crippen LogP contribution in [0.15, 0.2) is 41.2 Å². The number of hydrogen-bond acceptors (Lipinski definition) is 5. The smallest absolute Gasteiger partial charge is 0.340 e. The topological polar surface area (TPSA) is 69.4 Å². The first-order chi connectivity index (χ1) is 10.1. The van der Waals surface area contributed by atoms with Gasteiger partial charge < -0.3 is 10.5 Å². The van der Waals surface area contributed by atoms with Gasteiger partial charge in [0.25, 0.3) is 0 Å². The lowest BCUT2D eigenvalue weighted by atomic mass is 10.1. The van der Waals surface area contributed by atoms with Crippen LogP contribution in [-0.4, -0.2) is 12.6 Å². The van der Waals surface area contributed by atoms with E-state index in [2.05, 4.69) is 0 Å². The van der Waals surface area contributed by atoms with Crippen LogP contribution in [0.25, 0.3) is 20.2 Å². The monoisotopic (exact) mass is 299 g/mol. The number of fused-ring (bicyclic) bond motifs is 2. The van der Waals surface area contributed by atoms with Crippen LogP contribution in [0.1, 0.15) is 17.3 Å². The molecule has 0 unspecified atom stereocenters. The molecule has 0 saturated carbocycles. The fourth-order valence-corrected chi connectivity index (χ4v) is 3.35. The Morgan fingerprint density at radius 2 is 1.95 bits per heavy atom. The number of benzene rings is 2. The van der Waals surface area contributed by atoms with Gasteiger partial charge in [-0.3, -0.25) is 4.79 Å². The molecule has 0 amide bonds. The van der Waals surface area contributed by atoms with Crippen LogP contribution in [0, 0.1) is 0 Å². The van der Waals surface area contributed by atoms with Crippen molar-refractivity contribution in [3.05, 3.63) is 52.2 Å². The van der Waals surface area contributed by atoms with E-state index >= 15 is 0 Å². The third-order valence-corrected chi connectivity index (χ3v) is 4.38. The van der Waals surface area contributed by atoms with E-state index < -0.39 is 5.97 Å². The molecule has 5 heteroatoms. The zero-order chi connectivity index (χ0) is 15.0. The van der Waals surface area contributed by atoms with Crippen molar-refractivity contribution in [1.29, 1.82) is 0 Å². The van der Waals surface area contributed by atoms with Crippen molar-refractivity contribution in [3.63, 3.8) is 0 Å². The number of carbonyl (C=O) groups is 1. The van der Waals surface area contributed by atoms with Gasteiger partial charge in [0.05, 0.1) is 12.2 Å². The van der Waals surface area contributed by atoms with Gasteiger partial charge in [-0.15, -0.1) is 11.3 Å². The van der Waals surface area contributed by atoms with Crippen LogP contribution in [0.3, 0.4) is 0 Å². The molecule has 1 aromatic heterocycles. The molecule has 0 saturated heterocycles. The van der Waals surface area contributed by atoms with Crippen LogP contribution in [0.5, 0.6) is 0 Å². The van der Waals surface area contributed by atoms with Crippen molar-refractivity contribution in [2.75, 3.05) is 12.3 Å². The molecule has 106 valence electrons. The SMILES string of the molecule is CCOC(=O)c1cc2c(=O)c3ccccc3sc2cc1N. The maximum absolute atomic E-state index is 12.5. The van der Waals surface area contributed by atoms with Gasteiger partial charge >= 0.3 is 5.97 Å². The molecule has 0 fully saturated rings. The standard InChI is InChI=1S/C16H13NO3S/c1-2-20-16(19)10-7-11-14(8-12(10)17)21-13-6-4-3-5-9(13)15(11)18/h3-8H,2,17H2,1H3. The maximum atomic E-state index is 12.5. The zero-order valence-electron chi connectivity index (χ0n) is 11.4. The molecule has 0 atom stereocenters. The number of hydrogen-bond donors (Lipinski definition) is 1. The van der Waals surface area contributed by atoms with E-state index in [9.17, 15) is 9.59 Å². The molecule has 0 aliphatic heterocycles. The number of anilines is 1.